The molecule has 4 heteroatoms. The van der Waals surface area contributed by atoms with E-state index >= 15 is 0 Å². The Morgan fingerprint density at radius 2 is 2.10 bits per heavy atom. The highest BCUT2D eigenvalue weighted by molar-refractivity contribution is 5.90. The monoisotopic (exact) mass is 286 g/mol. The Morgan fingerprint density at radius 3 is 2.71 bits per heavy atom. The number of nitrogens with two attached hydrogens (primary N) is 1. The van der Waals surface area contributed by atoms with Crippen LogP contribution >= 0.6 is 0 Å². The lowest BCUT2D eigenvalue weighted by Crippen LogP contribution is -2.32. The van der Waals surface area contributed by atoms with E-state index in [2.05, 4.69) is 37.0 Å². The Bertz CT molecular complexity index is 694. The second-order valence-corrected chi connectivity index (χ2v) is 5.74. The van der Waals surface area contributed by atoms with Crippen LogP contribution in [0.2, 0.25) is 0 Å². The molecule has 0 amide bonds. The minimum Gasteiger partial charge on any atom is -0.480 e. The topological polar surface area (TPSA) is 79.1 Å². The van der Waals surface area contributed by atoms with E-state index in [1.54, 1.807) is 0 Å². The van der Waals surface area contributed by atoms with Crippen LogP contribution in [-0.4, -0.2) is 22.1 Å². The zero-order chi connectivity index (χ0) is 15.6. The summed E-state index contributed by atoms with van der Waals surface area (Å²) in [6, 6.07) is 3.33. The molecule has 2 aromatic rings. The van der Waals surface area contributed by atoms with Gasteiger partial charge in [-0.25, -0.2) is 0 Å². The zero-order valence-corrected chi connectivity index (χ0v) is 12.7. The van der Waals surface area contributed by atoms with Gasteiger partial charge in [-0.2, -0.15) is 0 Å². The van der Waals surface area contributed by atoms with Crippen molar-refractivity contribution < 1.29 is 9.90 Å². The van der Waals surface area contributed by atoms with Gasteiger partial charge in [-0.05, 0) is 43.9 Å². The van der Waals surface area contributed by atoms with E-state index in [9.17, 15) is 4.79 Å². The average molecular weight is 286 g/mol. The van der Waals surface area contributed by atoms with E-state index in [1.165, 1.54) is 11.1 Å². The van der Waals surface area contributed by atoms with Gasteiger partial charge in [-0.1, -0.05) is 23.8 Å². The third kappa shape index (κ3) is 3.34. The van der Waals surface area contributed by atoms with Gasteiger partial charge in [0.15, 0.2) is 0 Å². The maximum Gasteiger partial charge on any atom is 0.320 e. The SMILES string of the molecule is CC(C)=CCc1ccc(C)c2[nH]cc(C[C@H](N)C(=O)O)c12. The number of hydrogen-bond donors (Lipinski definition) is 3. The van der Waals surface area contributed by atoms with Gasteiger partial charge in [0.05, 0.1) is 0 Å². The van der Waals surface area contributed by atoms with Crippen LogP contribution in [0.15, 0.2) is 30.0 Å². The highest BCUT2D eigenvalue weighted by Crippen LogP contribution is 2.27. The van der Waals surface area contributed by atoms with Crippen molar-refractivity contribution in [2.75, 3.05) is 0 Å². The van der Waals surface area contributed by atoms with E-state index in [-0.39, 0.29) is 0 Å². The number of allylic oxidation sites excluding steroid dienone is 2. The Labute approximate surface area is 124 Å². The third-order valence-corrected chi connectivity index (χ3v) is 3.70. The van der Waals surface area contributed by atoms with Gasteiger partial charge in [0.25, 0.3) is 0 Å². The number of carboxylic acids is 1. The van der Waals surface area contributed by atoms with Crippen LogP contribution in [0, 0.1) is 6.92 Å². The standard InChI is InChI=1S/C17H22N2O2/c1-10(2)4-6-12-7-5-11(3)16-15(12)13(9-19-16)8-14(18)17(20)21/h4-5,7,9,14,19H,6,8,18H2,1-3H3,(H,20,21)/t14-/m0/s1. The molecule has 0 aliphatic carbocycles. The van der Waals surface area contributed by atoms with Crippen molar-refractivity contribution in [3.8, 4) is 0 Å². The van der Waals surface area contributed by atoms with Crippen molar-refractivity contribution in [3.05, 3.63) is 46.7 Å². The number of carboxylic acid groups (broad SMARTS) is 1. The molecular weight excluding hydrogens is 264 g/mol. The molecule has 4 N–H and O–H groups in total. The van der Waals surface area contributed by atoms with E-state index in [0.717, 1.165) is 28.5 Å². The van der Waals surface area contributed by atoms with Gasteiger partial charge >= 0.3 is 5.97 Å². The van der Waals surface area contributed by atoms with Crippen molar-refractivity contribution >= 4 is 16.9 Å². The van der Waals surface area contributed by atoms with Gasteiger partial charge in [-0.15, -0.1) is 0 Å². The summed E-state index contributed by atoms with van der Waals surface area (Å²) in [6.45, 7) is 6.19. The smallest absolute Gasteiger partial charge is 0.320 e. The summed E-state index contributed by atoms with van der Waals surface area (Å²) in [5.74, 6) is -0.970. The molecule has 2 rings (SSSR count). The molecule has 112 valence electrons. The van der Waals surface area contributed by atoms with Crippen molar-refractivity contribution in [2.24, 2.45) is 5.73 Å². The van der Waals surface area contributed by atoms with E-state index in [4.69, 9.17) is 10.8 Å². The van der Waals surface area contributed by atoms with Gasteiger partial charge in [0, 0.05) is 23.5 Å². The lowest BCUT2D eigenvalue weighted by Gasteiger charge is -2.09. The van der Waals surface area contributed by atoms with Crippen LogP contribution in [0.3, 0.4) is 0 Å². The minimum absolute atomic E-state index is 0.334. The summed E-state index contributed by atoms with van der Waals surface area (Å²) in [6.07, 6.45) is 5.23. The summed E-state index contributed by atoms with van der Waals surface area (Å²) < 4.78 is 0. The average Bonchev–Trinajstić information content (AvgIpc) is 2.83. The Hall–Kier alpha value is -2.07. The molecular formula is C17H22N2O2. The van der Waals surface area contributed by atoms with Crippen LogP contribution < -0.4 is 5.73 Å². The first-order valence-electron chi connectivity index (χ1n) is 7.10. The van der Waals surface area contributed by atoms with Crippen LogP contribution in [0.5, 0.6) is 0 Å². The van der Waals surface area contributed by atoms with Crippen molar-refractivity contribution in [1.82, 2.24) is 4.98 Å². The predicted octanol–water partition coefficient (Wildman–Crippen LogP) is 2.94. The predicted molar refractivity (Wildman–Crippen MR) is 85.5 cm³/mol. The number of hydrogen-bond acceptors (Lipinski definition) is 2. The highest BCUT2D eigenvalue weighted by Gasteiger charge is 2.17. The van der Waals surface area contributed by atoms with Gasteiger partial charge < -0.3 is 15.8 Å². The largest absolute Gasteiger partial charge is 0.480 e. The van der Waals surface area contributed by atoms with Gasteiger partial charge in [0.2, 0.25) is 0 Å². The maximum atomic E-state index is 11.0. The number of aromatic amines is 1. The second-order valence-electron chi connectivity index (χ2n) is 5.74. The van der Waals surface area contributed by atoms with Crippen LogP contribution in [0.25, 0.3) is 10.9 Å². The molecule has 0 unspecified atom stereocenters. The zero-order valence-electron chi connectivity index (χ0n) is 12.7. The third-order valence-electron chi connectivity index (χ3n) is 3.70. The minimum atomic E-state index is -0.970. The number of H-pyrrole nitrogens is 1. The molecule has 1 aromatic carbocycles. The van der Waals surface area contributed by atoms with Crippen LogP contribution in [0.1, 0.15) is 30.5 Å². The maximum absolute atomic E-state index is 11.0. The number of aryl methyl sites for hydroxylation is 1. The molecule has 0 aliphatic rings. The van der Waals surface area contributed by atoms with Crippen molar-refractivity contribution in [1.29, 1.82) is 0 Å². The van der Waals surface area contributed by atoms with Crippen LogP contribution in [-0.2, 0) is 17.6 Å². The molecule has 0 fully saturated rings. The lowest BCUT2D eigenvalue weighted by molar-refractivity contribution is -0.138. The quantitative estimate of drug-likeness (QED) is 0.739. The normalized spacial score (nSPS) is 12.4. The summed E-state index contributed by atoms with van der Waals surface area (Å²) in [4.78, 5) is 14.2. The Morgan fingerprint density at radius 1 is 1.38 bits per heavy atom. The second kappa shape index (κ2) is 6.14. The number of benzene rings is 1. The number of rotatable bonds is 5. The molecule has 0 saturated carbocycles. The van der Waals surface area contributed by atoms with E-state index in [1.807, 2.05) is 13.1 Å². The fourth-order valence-electron chi connectivity index (χ4n) is 2.50. The molecule has 1 heterocycles. The highest BCUT2D eigenvalue weighted by atomic mass is 16.4. The van der Waals surface area contributed by atoms with Crippen molar-refractivity contribution in [3.63, 3.8) is 0 Å². The summed E-state index contributed by atoms with van der Waals surface area (Å²) in [5.41, 5.74) is 11.3. The number of fused-ring (bicyclic) bond motifs is 1. The lowest BCUT2D eigenvalue weighted by atomic mass is 9.97. The summed E-state index contributed by atoms with van der Waals surface area (Å²) in [5, 5.41) is 10.1. The molecule has 1 aromatic heterocycles. The molecule has 4 nitrogen and oxygen atoms in total. The van der Waals surface area contributed by atoms with Crippen LogP contribution in [0.4, 0.5) is 0 Å². The molecule has 0 saturated heterocycles. The molecule has 0 aliphatic heterocycles. The number of aliphatic carboxylic acids is 1. The summed E-state index contributed by atoms with van der Waals surface area (Å²) >= 11 is 0. The Kier molecular flexibility index (Phi) is 4.48. The molecule has 1 atom stereocenters. The molecule has 0 spiro atoms. The number of aromatic nitrogens is 1. The first-order valence-corrected chi connectivity index (χ1v) is 7.10. The molecule has 21 heavy (non-hydrogen) atoms. The Balaban J connectivity index is 2.49. The first-order chi connectivity index (χ1) is 9.90. The number of nitrogens with one attached hydrogen (secondary N) is 1. The van der Waals surface area contributed by atoms with E-state index < -0.39 is 12.0 Å². The van der Waals surface area contributed by atoms with Gasteiger partial charge in [0.1, 0.15) is 6.04 Å². The fourth-order valence-corrected chi connectivity index (χ4v) is 2.50. The van der Waals surface area contributed by atoms with Crippen molar-refractivity contribution in [2.45, 2.75) is 39.7 Å². The van der Waals surface area contributed by atoms with Gasteiger partial charge in [-0.3, -0.25) is 4.79 Å². The fraction of sp³-hybridized carbons (Fsp3) is 0.353. The molecule has 0 bridgehead atoms. The van der Waals surface area contributed by atoms with E-state index in [0.29, 0.717) is 6.42 Å². The number of carbonyl (C=O) groups is 1. The summed E-state index contributed by atoms with van der Waals surface area (Å²) in [7, 11) is 0. The first kappa shape index (κ1) is 15.3. The molecule has 0 radical (unpaired) electrons.